The van der Waals surface area contributed by atoms with E-state index in [4.69, 9.17) is 17.3 Å². The van der Waals surface area contributed by atoms with Crippen LogP contribution in [0.5, 0.6) is 0 Å². The van der Waals surface area contributed by atoms with Crippen LogP contribution in [0.15, 0.2) is 46.9 Å². The molecule has 2 heterocycles. The number of rotatable bonds is 3. The van der Waals surface area contributed by atoms with Crippen molar-refractivity contribution in [2.24, 2.45) is 11.1 Å². The number of allylic oxidation sites excluding steroid dienone is 3. The number of thiophene rings is 1. The van der Waals surface area contributed by atoms with E-state index in [-0.39, 0.29) is 33.3 Å². The Hall–Kier alpha value is -3.15. The molecule has 9 heteroatoms. The minimum Gasteiger partial charge on any atom is -0.384 e. The molecule has 0 radical (unpaired) electrons. The number of hydrogen-bond acceptors (Lipinski definition) is 7. The number of aryl methyl sites for hydroxylation is 2. The number of nitriles is 1. The number of hydrogen-bond donors (Lipinski definition) is 1. The first-order valence-electron chi connectivity index (χ1n) is 10.4. The van der Waals surface area contributed by atoms with Gasteiger partial charge in [-0.2, -0.15) is 5.26 Å². The summed E-state index contributed by atoms with van der Waals surface area (Å²) in [5.41, 5.74) is 8.77. The van der Waals surface area contributed by atoms with Crippen LogP contribution in [0.4, 0.5) is 11.4 Å². The Kier molecular flexibility index (Phi) is 5.59. The lowest BCUT2D eigenvalue weighted by molar-refractivity contribution is -0.384. The second-order valence-electron chi connectivity index (χ2n) is 9.24. The summed E-state index contributed by atoms with van der Waals surface area (Å²) in [6.07, 6.45) is 0.875. The highest BCUT2D eigenvalue weighted by molar-refractivity contribution is 7.12. The van der Waals surface area contributed by atoms with E-state index in [1.165, 1.54) is 12.1 Å². The summed E-state index contributed by atoms with van der Waals surface area (Å²) in [5.74, 6) is -0.424. The topological polar surface area (TPSA) is 113 Å². The van der Waals surface area contributed by atoms with Gasteiger partial charge in [0.25, 0.3) is 5.69 Å². The molecule has 0 spiro atoms. The molecule has 1 unspecified atom stereocenters. The van der Waals surface area contributed by atoms with Crippen LogP contribution < -0.4 is 10.6 Å². The Morgan fingerprint density at radius 1 is 1.30 bits per heavy atom. The monoisotopic (exact) mass is 482 g/mol. The van der Waals surface area contributed by atoms with Crippen molar-refractivity contribution < 1.29 is 9.72 Å². The van der Waals surface area contributed by atoms with Gasteiger partial charge in [0, 0.05) is 33.5 Å². The van der Waals surface area contributed by atoms with Crippen molar-refractivity contribution in [1.82, 2.24) is 0 Å². The molecule has 2 aliphatic rings. The van der Waals surface area contributed by atoms with Crippen molar-refractivity contribution in [3.63, 3.8) is 0 Å². The summed E-state index contributed by atoms with van der Waals surface area (Å²) < 4.78 is 0. The maximum Gasteiger partial charge on any atom is 0.289 e. The molecule has 0 saturated heterocycles. The van der Waals surface area contributed by atoms with Gasteiger partial charge in [-0.3, -0.25) is 19.8 Å². The van der Waals surface area contributed by atoms with Crippen LogP contribution in [-0.4, -0.2) is 10.7 Å². The summed E-state index contributed by atoms with van der Waals surface area (Å²) in [4.78, 5) is 28.2. The minimum atomic E-state index is -0.563. The zero-order valence-electron chi connectivity index (χ0n) is 18.7. The first kappa shape index (κ1) is 23.0. The lowest BCUT2D eigenvalue weighted by atomic mass is 9.68. The first-order chi connectivity index (χ1) is 15.4. The highest BCUT2D eigenvalue weighted by Crippen LogP contribution is 2.51. The molecule has 33 heavy (non-hydrogen) atoms. The van der Waals surface area contributed by atoms with Gasteiger partial charge in [0.05, 0.1) is 28.2 Å². The van der Waals surface area contributed by atoms with E-state index >= 15 is 0 Å². The Morgan fingerprint density at radius 2 is 2.00 bits per heavy atom. The third-order valence-corrected chi connectivity index (χ3v) is 7.46. The fourth-order valence-corrected chi connectivity index (χ4v) is 5.98. The largest absolute Gasteiger partial charge is 0.384 e. The van der Waals surface area contributed by atoms with Gasteiger partial charge >= 0.3 is 0 Å². The van der Waals surface area contributed by atoms with E-state index in [0.717, 1.165) is 15.3 Å². The number of ketones is 1. The average Bonchev–Trinajstić information content (AvgIpc) is 3.04. The number of anilines is 1. The van der Waals surface area contributed by atoms with E-state index < -0.39 is 10.8 Å². The zero-order valence-corrected chi connectivity index (χ0v) is 20.3. The molecule has 0 bridgehead atoms. The average molecular weight is 483 g/mol. The van der Waals surface area contributed by atoms with Gasteiger partial charge in [-0.15, -0.1) is 11.3 Å². The summed E-state index contributed by atoms with van der Waals surface area (Å²) in [6, 6.07) is 8.63. The number of nitro benzene ring substituents is 1. The van der Waals surface area contributed by atoms with Crippen molar-refractivity contribution in [3.05, 3.63) is 77.4 Å². The highest BCUT2D eigenvalue weighted by atomic mass is 35.5. The number of benzene rings is 1. The molecule has 1 aliphatic carbocycles. The van der Waals surface area contributed by atoms with Gasteiger partial charge in [-0.05, 0) is 49.4 Å². The van der Waals surface area contributed by atoms with Gasteiger partial charge in [-0.25, -0.2) is 0 Å². The molecular formula is C24H23ClN4O3S. The normalized spacial score (nSPS) is 20.1. The van der Waals surface area contributed by atoms with Crippen LogP contribution >= 0.6 is 22.9 Å². The lowest BCUT2D eigenvalue weighted by Crippen LogP contribution is -2.42. The molecule has 0 fully saturated rings. The van der Waals surface area contributed by atoms with Crippen molar-refractivity contribution >= 4 is 40.1 Å². The molecule has 170 valence electrons. The van der Waals surface area contributed by atoms with Crippen LogP contribution in [0.25, 0.3) is 0 Å². The quantitative estimate of drug-likeness (QED) is 0.432. The molecule has 2 N–H and O–H groups in total. The zero-order chi connectivity index (χ0) is 24.2. The van der Waals surface area contributed by atoms with E-state index in [1.54, 1.807) is 22.3 Å². The Labute approximate surface area is 200 Å². The molecule has 0 amide bonds. The van der Waals surface area contributed by atoms with E-state index in [0.29, 0.717) is 29.8 Å². The van der Waals surface area contributed by atoms with Crippen LogP contribution in [0.1, 0.15) is 47.9 Å². The fourth-order valence-electron chi connectivity index (χ4n) is 4.83. The second kappa shape index (κ2) is 8.01. The standard InChI is InChI=1S/C24H23ClN4O3S/c1-12-7-15(13(2)33-12)21-16(11-26)23(27)28(14-5-6-17(25)18(8-14)29(31)32)19-9-24(3,4)10-20(30)22(19)21/h5-8,21H,9-10,27H2,1-4H3. The van der Waals surface area contributed by atoms with Gasteiger partial charge in [0.15, 0.2) is 5.78 Å². The van der Waals surface area contributed by atoms with Gasteiger partial charge in [0.2, 0.25) is 0 Å². The predicted molar refractivity (Wildman–Crippen MR) is 129 cm³/mol. The van der Waals surface area contributed by atoms with Crippen molar-refractivity contribution in [2.45, 2.75) is 46.5 Å². The van der Waals surface area contributed by atoms with Crippen molar-refractivity contribution in [1.29, 1.82) is 5.26 Å². The number of halogens is 1. The third-order valence-electron chi connectivity index (χ3n) is 6.16. The molecule has 1 aliphatic heterocycles. The summed E-state index contributed by atoms with van der Waals surface area (Å²) in [7, 11) is 0. The van der Waals surface area contributed by atoms with Crippen LogP contribution in [0.3, 0.4) is 0 Å². The van der Waals surface area contributed by atoms with E-state index in [1.807, 2.05) is 33.8 Å². The molecule has 1 aromatic heterocycles. The number of nitrogens with two attached hydrogens (primary N) is 1. The van der Waals surface area contributed by atoms with Crippen molar-refractivity contribution in [2.75, 3.05) is 4.90 Å². The molecule has 2 aromatic rings. The first-order valence-corrected chi connectivity index (χ1v) is 11.6. The lowest BCUT2D eigenvalue weighted by Gasteiger charge is -2.43. The summed E-state index contributed by atoms with van der Waals surface area (Å²) >= 11 is 7.64. The minimum absolute atomic E-state index is 0.000297. The number of nitro groups is 1. The Morgan fingerprint density at radius 3 is 2.58 bits per heavy atom. The van der Waals surface area contributed by atoms with Crippen LogP contribution in [0.2, 0.25) is 5.02 Å². The SMILES string of the molecule is Cc1cc(C2C(C#N)=C(N)N(c3ccc(Cl)c([N+](=O)[O-])c3)C3=C2C(=O)CC(C)(C)C3)c(C)s1. The van der Waals surface area contributed by atoms with Gasteiger partial charge in [0.1, 0.15) is 10.8 Å². The van der Waals surface area contributed by atoms with Gasteiger partial charge in [-0.1, -0.05) is 25.4 Å². The van der Waals surface area contributed by atoms with E-state index in [2.05, 4.69) is 6.07 Å². The molecular weight excluding hydrogens is 460 g/mol. The van der Waals surface area contributed by atoms with Crippen LogP contribution in [-0.2, 0) is 4.79 Å². The molecule has 1 aromatic carbocycles. The predicted octanol–water partition coefficient (Wildman–Crippen LogP) is 5.87. The Bertz CT molecular complexity index is 1320. The number of nitrogens with zero attached hydrogens (tertiary/aromatic N) is 3. The number of carbonyl (C=O) groups is 1. The second-order valence-corrected chi connectivity index (χ2v) is 11.1. The van der Waals surface area contributed by atoms with Crippen molar-refractivity contribution in [3.8, 4) is 6.07 Å². The summed E-state index contributed by atoms with van der Waals surface area (Å²) in [5, 5.41) is 21.7. The molecule has 4 rings (SSSR count). The number of carbonyl (C=O) groups excluding carboxylic acids is 1. The molecule has 1 atom stereocenters. The fraction of sp³-hybridized carbons (Fsp3) is 0.333. The third kappa shape index (κ3) is 3.81. The van der Waals surface area contributed by atoms with Gasteiger partial charge < -0.3 is 5.73 Å². The summed E-state index contributed by atoms with van der Waals surface area (Å²) in [6.45, 7) is 7.98. The molecule has 7 nitrogen and oxygen atoms in total. The highest BCUT2D eigenvalue weighted by Gasteiger charge is 2.45. The Balaban J connectivity index is 2.03. The smallest absolute Gasteiger partial charge is 0.289 e. The maximum atomic E-state index is 13.5. The van der Waals surface area contributed by atoms with Crippen LogP contribution in [0, 0.1) is 40.7 Å². The maximum absolute atomic E-state index is 13.5. The molecule has 0 saturated carbocycles. The number of Topliss-reactive ketones (excluding diaryl/α,β-unsaturated/α-hetero) is 1. The van der Waals surface area contributed by atoms with E-state index in [9.17, 15) is 20.2 Å².